The lowest BCUT2D eigenvalue weighted by molar-refractivity contribution is 0.586. The number of benzene rings is 6. The molecule has 0 bridgehead atoms. The average molecular weight is 660 g/mol. The Morgan fingerprint density at radius 1 is 0.373 bits per heavy atom. The van der Waals surface area contributed by atoms with Gasteiger partial charge in [-0.25, -0.2) is 15.0 Å². The standard InChI is InChI=1S/C48H41N3/c1-46(2,3)32-24-26-34-35-27-25-33(47(4,5)6)29-41(35)48(40(34)28-32)38-22-14-13-20-36(38)42-37(21-15-23-39(42)48)45-50-43(30-16-9-7-10-17-30)49-44(51-45)31-18-11-8-12-19-31/h7-29H,1-6H3. The van der Waals surface area contributed by atoms with Crippen LogP contribution in [0.3, 0.4) is 0 Å². The van der Waals surface area contributed by atoms with Crippen LogP contribution in [0.4, 0.5) is 0 Å². The fourth-order valence-electron chi connectivity index (χ4n) is 8.28. The first kappa shape index (κ1) is 31.3. The molecular weight excluding hydrogens is 619 g/mol. The molecule has 0 unspecified atom stereocenters. The van der Waals surface area contributed by atoms with Gasteiger partial charge in [-0.05, 0) is 66.5 Å². The summed E-state index contributed by atoms with van der Waals surface area (Å²) in [6, 6.07) is 50.6. The molecule has 7 aromatic rings. The van der Waals surface area contributed by atoms with E-state index in [2.05, 4.69) is 145 Å². The van der Waals surface area contributed by atoms with Crippen LogP contribution in [0.2, 0.25) is 0 Å². The fourth-order valence-corrected chi connectivity index (χ4v) is 8.28. The Bertz CT molecular complexity index is 2360. The van der Waals surface area contributed by atoms with E-state index in [-0.39, 0.29) is 10.8 Å². The van der Waals surface area contributed by atoms with Gasteiger partial charge in [0.05, 0.1) is 5.41 Å². The number of rotatable bonds is 3. The van der Waals surface area contributed by atoms with Gasteiger partial charge in [0.25, 0.3) is 0 Å². The quantitative estimate of drug-likeness (QED) is 0.189. The molecular formula is C48H41N3. The van der Waals surface area contributed by atoms with Crippen LogP contribution in [0.15, 0.2) is 140 Å². The van der Waals surface area contributed by atoms with Crippen LogP contribution < -0.4 is 0 Å². The lowest BCUT2D eigenvalue weighted by Crippen LogP contribution is -2.27. The second-order valence-corrected chi connectivity index (χ2v) is 16.1. The Morgan fingerprint density at radius 2 is 0.824 bits per heavy atom. The summed E-state index contributed by atoms with van der Waals surface area (Å²) in [4.78, 5) is 15.5. The summed E-state index contributed by atoms with van der Waals surface area (Å²) >= 11 is 0. The maximum absolute atomic E-state index is 5.22. The molecule has 0 aliphatic heterocycles. The third-order valence-corrected chi connectivity index (χ3v) is 10.9. The normalized spacial score (nSPS) is 13.8. The van der Waals surface area contributed by atoms with Crippen molar-refractivity contribution in [3.63, 3.8) is 0 Å². The summed E-state index contributed by atoms with van der Waals surface area (Å²) in [7, 11) is 0. The monoisotopic (exact) mass is 659 g/mol. The maximum atomic E-state index is 5.22. The van der Waals surface area contributed by atoms with E-state index in [9.17, 15) is 0 Å². The fraction of sp³-hybridized carbons (Fsp3) is 0.188. The van der Waals surface area contributed by atoms with Crippen LogP contribution in [0.5, 0.6) is 0 Å². The summed E-state index contributed by atoms with van der Waals surface area (Å²) < 4.78 is 0. The Hall–Kier alpha value is -5.67. The van der Waals surface area contributed by atoms with Crippen molar-refractivity contribution in [2.75, 3.05) is 0 Å². The van der Waals surface area contributed by atoms with Gasteiger partial charge < -0.3 is 0 Å². The molecule has 1 heterocycles. The lowest BCUT2D eigenvalue weighted by Gasteiger charge is -2.32. The largest absolute Gasteiger partial charge is 0.208 e. The molecule has 0 amide bonds. The Kier molecular flexibility index (Phi) is 6.86. The predicted molar refractivity (Wildman–Crippen MR) is 210 cm³/mol. The van der Waals surface area contributed by atoms with Crippen LogP contribution in [0, 0.1) is 0 Å². The van der Waals surface area contributed by atoms with E-state index in [1.807, 2.05) is 36.4 Å². The predicted octanol–water partition coefficient (Wildman–Crippen LogP) is 11.8. The molecule has 2 aliphatic rings. The Morgan fingerprint density at radius 3 is 1.35 bits per heavy atom. The SMILES string of the molecule is CC(C)(C)c1ccc2c(c1)C1(c3cc(C(C)(C)C)ccc3-2)c2ccccc2-c2c(-c3nc(-c4ccccc4)nc(-c4ccccc4)n3)cccc21. The van der Waals surface area contributed by atoms with Crippen molar-refractivity contribution in [1.29, 1.82) is 0 Å². The Labute approximate surface area is 301 Å². The molecule has 0 N–H and O–H groups in total. The van der Waals surface area contributed by atoms with Crippen LogP contribution in [0.25, 0.3) is 56.4 Å². The third kappa shape index (κ3) is 4.75. The molecule has 0 saturated heterocycles. The molecule has 0 atom stereocenters. The van der Waals surface area contributed by atoms with Crippen molar-refractivity contribution in [3.05, 3.63) is 173 Å². The summed E-state index contributed by atoms with van der Waals surface area (Å²) in [5.41, 5.74) is 15.5. The summed E-state index contributed by atoms with van der Waals surface area (Å²) in [6.07, 6.45) is 0. The average Bonchev–Trinajstić information content (AvgIpc) is 3.61. The van der Waals surface area contributed by atoms with Crippen molar-refractivity contribution in [2.45, 2.75) is 57.8 Å². The zero-order valence-corrected chi connectivity index (χ0v) is 30.1. The smallest absolute Gasteiger partial charge is 0.164 e. The molecule has 0 radical (unpaired) electrons. The van der Waals surface area contributed by atoms with Crippen LogP contribution in [-0.2, 0) is 16.2 Å². The molecule has 0 saturated carbocycles. The van der Waals surface area contributed by atoms with E-state index >= 15 is 0 Å². The van der Waals surface area contributed by atoms with Gasteiger partial charge in [-0.2, -0.15) is 0 Å². The molecule has 3 heteroatoms. The van der Waals surface area contributed by atoms with Gasteiger partial charge in [0.2, 0.25) is 0 Å². The second kappa shape index (κ2) is 11.2. The van der Waals surface area contributed by atoms with Gasteiger partial charge in [0.15, 0.2) is 17.5 Å². The van der Waals surface area contributed by atoms with E-state index in [1.54, 1.807) is 0 Å². The molecule has 3 nitrogen and oxygen atoms in total. The minimum absolute atomic E-state index is 0.00305. The molecule has 0 fully saturated rings. The maximum Gasteiger partial charge on any atom is 0.164 e. The number of nitrogens with zero attached hydrogens (tertiary/aromatic N) is 3. The first-order valence-corrected chi connectivity index (χ1v) is 18.0. The first-order chi connectivity index (χ1) is 24.5. The third-order valence-electron chi connectivity index (χ3n) is 10.9. The zero-order chi connectivity index (χ0) is 35.1. The van der Waals surface area contributed by atoms with Crippen LogP contribution in [0.1, 0.15) is 74.9 Å². The van der Waals surface area contributed by atoms with E-state index in [4.69, 9.17) is 15.0 Å². The van der Waals surface area contributed by atoms with Crippen molar-refractivity contribution < 1.29 is 0 Å². The summed E-state index contributed by atoms with van der Waals surface area (Å²) in [5.74, 6) is 2.01. The van der Waals surface area contributed by atoms with Crippen LogP contribution >= 0.6 is 0 Å². The highest BCUT2D eigenvalue weighted by Gasteiger charge is 2.53. The number of hydrogen-bond acceptors (Lipinski definition) is 3. The number of aromatic nitrogens is 3. The zero-order valence-electron chi connectivity index (χ0n) is 30.1. The summed E-state index contributed by atoms with van der Waals surface area (Å²) in [6.45, 7) is 13.9. The van der Waals surface area contributed by atoms with Crippen LogP contribution in [-0.4, -0.2) is 15.0 Å². The van der Waals surface area contributed by atoms with Gasteiger partial charge >= 0.3 is 0 Å². The highest BCUT2D eigenvalue weighted by atomic mass is 15.0. The first-order valence-electron chi connectivity index (χ1n) is 18.0. The number of fused-ring (bicyclic) bond motifs is 10. The Balaban J connectivity index is 1.38. The van der Waals surface area contributed by atoms with Gasteiger partial charge in [-0.1, -0.05) is 181 Å². The van der Waals surface area contributed by atoms with E-state index in [0.29, 0.717) is 17.5 Å². The molecule has 2 aliphatic carbocycles. The molecule has 9 rings (SSSR count). The molecule has 51 heavy (non-hydrogen) atoms. The highest BCUT2D eigenvalue weighted by Crippen LogP contribution is 2.64. The van der Waals surface area contributed by atoms with E-state index < -0.39 is 5.41 Å². The van der Waals surface area contributed by atoms with Crippen molar-refractivity contribution in [1.82, 2.24) is 15.0 Å². The van der Waals surface area contributed by atoms with Gasteiger partial charge in [-0.3, -0.25) is 0 Å². The lowest BCUT2D eigenvalue weighted by atomic mass is 9.68. The minimum atomic E-state index is -0.493. The summed E-state index contributed by atoms with van der Waals surface area (Å²) in [5, 5.41) is 0. The number of hydrogen-bond donors (Lipinski definition) is 0. The van der Waals surface area contributed by atoms with Crippen molar-refractivity contribution in [2.24, 2.45) is 0 Å². The van der Waals surface area contributed by atoms with E-state index in [0.717, 1.165) is 16.7 Å². The molecule has 6 aromatic carbocycles. The molecule has 248 valence electrons. The van der Waals surface area contributed by atoms with Gasteiger partial charge in [0.1, 0.15) is 0 Å². The van der Waals surface area contributed by atoms with Gasteiger partial charge in [-0.15, -0.1) is 0 Å². The molecule has 1 aromatic heterocycles. The van der Waals surface area contributed by atoms with E-state index in [1.165, 1.54) is 55.6 Å². The van der Waals surface area contributed by atoms with Crippen molar-refractivity contribution in [3.8, 4) is 56.4 Å². The van der Waals surface area contributed by atoms with Gasteiger partial charge in [0, 0.05) is 16.7 Å². The second-order valence-electron chi connectivity index (χ2n) is 16.1. The molecule has 1 spiro atoms. The topological polar surface area (TPSA) is 38.7 Å². The van der Waals surface area contributed by atoms with Crippen molar-refractivity contribution >= 4 is 0 Å². The highest BCUT2D eigenvalue weighted by molar-refractivity contribution is 5.99. The minimum Gasteiger partial charge on any atom is -0.208 e.